The van der Waals surface area contributed by atoms with Crippen molar-refractivity contribution in [1.82, 2.24) is 29.3 Å². The summed E-state index contributed by atoms with van der Waals surface area (Å²) in [7, 11) is -1.10. The zero-order valence-electron chi connectivity index (χ0n) is 20.0. The van der Waals surface area contributed by atoms with E-state index in [0.29, 0.717) is 13.2 Å². The lowest BCUT2D eigenvalue weighted by molar-refractivity contribution is 0.0899. The summed E-state index contributed by atoms with van der Waals surface area (Å²) in [6, 6.07) is 7.80. The predicted octanol–water partition coefficient (Wildman–Crippen LogP) is 3.57. The molecule has 1 unspecified atom stereocenters. The van der Waals surface area contributed by atoms with E-state index in [1.54, 1.807) is 6.33 Å². The zero-order valence-corrected chi connectivity index (χ0v) is 21.0. The number of fused-ring (bicyclic) bond motifs is 1. The molecule has 9 heteroatoms. The van der Waals surface area contributed by atoms with Crippen LogP contribution < -0.4 is 5.32 Å². The SMILES string of the molecule is C[Si](C)(C)CCOCn1ccc2c(-c3ccn(C(CC#N)CN4CCNCC4)c3)ncnc21. The summed E-state index contributed by atoms with van der Waals surface area (Å²) < 4.78 is 10.2. The standard InChI is InChI=1S/C24H35N7OSi/c1-33(2,3)15-14-32-19-31-11-6-22-23(27-18-28-24(22)31)20-5-10-30(16-20)21(4-7-25)17-29-12-8-26-9-13-29/h5-6,10-11,16,18,21,26H,4,8-9,12-15,17,19H2,1-3H3. The summed E-state index contributed by atoms with van der Waals surface area (Å²) >= 11 is 0. The summed E-state index contributed by atoms with van der Waals surface area (Å²) in [4.78, 5) is 11.6. The molecule has 1 saturated heterocycles. The van der Waals surface area contributed by atoms with E-state index in [9.17, 15) is 5.26 Å². The van der Waals surface area contributed by atoms with Gasteiger partial charge in [-0.25, -0.2) is 9.97 Å². The fourth-order valence-electron chi connectivity index (χ4n) is 4.22. The molecule has 4 rings (SSSR count). The van der Waals surface area contributed by atoms with Gasteiger partial charge in [0.05, 0.1) is 24.2 Å². The molecule has 1 aliphatic heterocycles. The Morgan fingerprint density at radius 1 is 1.18 bits per heavy atom. The van der Waals surface area contributed by atoms with Crippen molar-refractivity contribution >= 4 is 19.1 Å². The van der Waals surface area contributed by atoms with Gasteiger partial charge in [0.15, 0.2) is 0 Å². The van der Waals surface area contributed by atoms with Gasteiger partial charge < -0.3 is 19.2 Å². The second-order valence-electron chi connectivity index (χ2n) is 10.0. The molecule has 0 spiro atoms. The Labute approximate surface area is 197 Å². The van der Waals surface area contributed by atoms with Crippen LogP contribution in [0.3, 0.4) is 0 Å². The monoisotopic (exact) mass is 465 g/mol. The van der Waals surface area contributed by atoms with Gasteiger partial charge in [-0.1, -0.05) is 19.6 Å². The Bertz CT molecular complexity index is 1090. The van der Waals surface area contributed by atoms with Gasteiger partial charge in [0.2, 0.25) is 0 Å². The minimum Gasteiger partial charge on any atom is -0.361 e. The highest BCUT2D eigenvalue weighted by Crippen LogP contribution is 2.28. The normalized spacial score (nSPS) is 16.2. The van der Waals surface area contributed by atoms with E-state index in [0.717, 1.165) is 67.7 Å². The average molecular weight is 466 g/mol. The maximum atomic E-state index is 9.40. The van der Waals surface area contributed by atoms with Crippen LogP contribution in [-0.2, 0) is 11.5 Å². The largest absolute Gasteiger partial charge is 0.361 e. The molecule has 1 N–H and O–H groups in total. The number of hydrogen-bond donors (Lipinski definition) is 1. The molecule has 0 bridgehead atoms. The third-order valence-corrected chi connectivity index (χ3v) is 7.90. The van der Waals surface area contributed by atoms with Crippen molar-refractivity contribution in [3.8, 4) is 17.3 Å². The number of aromatic nitrogens is 4. The molecule has 33 heavy (non-hydrogen) atoms. The summed E-state index contributed by atoms with van der Waals surface area (Å²) in [6.07, 6.45) is 8.33. The molecule has 4 heterocycles. The lowest BCUT2D eigenvalue weighted by Crippen LogP contribution is -2.45. The van der Waals surface area contributed by atoms with Gasteiger partial charge in [-0.15, -0.1) is 0 Å². The molecule has 0 radical (unpaired) electrons. The Morgan fingerprint density at radius 3 is 2.76 bits per heavy atom. The molecule has 0 aromatic carbocycles. The minimum atomic E-state index is -1.10. The first-order valence-corrected chi connectivity index (χ1v) is 15.5. The molecule has 0 saturated carbocycles. The third-order valence-electron chi connectivity index (χ3n) is 6.20. The first-order valence-electron chi connectivity index (χ1n) is 11.8. The fourth-order valence-corrected chi connectivity index (χ4v) is 4.98. The highest BCUT2D eigenvalue weighted by atomic mass is 28.3. The Balaban J connectivity index is 1.50. The van der Waals surface area contributed by atoms with Gasteiger partial charge in [0.1, 0.15) is 18.7 Å². The first-order chi connectivity index (χ1) is 15.9. The second-order valence-corrected chi connectivity index (χ2v) is 15.6. The average Bonchev–Trinajstić information content (AvgIpc) is 3.44. The predicted molar refractivity (Wildman–Crippen MR) is 134 cm³/mol. The molecule has 0 amide bonds. The lowest BCUT2D eigenvalue weighted by Gasteiger charge is -2.30. The van der Waals surface area contributed by atoms with Crippen molar-refractivity contribution in [3.05, 3.63) is 37.1 Å². The van der Waals surface area contributed by atoms with E-state index in [1.807, 2.05) is 10.8 Å². The maximum absolute atomic E-state index is 9.40. The summed E-state index contributed by atoms with van der Waals surface area (Å²) in [5.41, 5.74) is 2.84. The molecular formula is C24H35N7OSi. The summed E-state index contributed by atoms with van der Waals surface area (Å²) in [6.45, 7) is 13.3. The molecule has 3 aromatic heterocycles. The highest BCUT2D eigenvalue weighted by Gasteiger charge is 2.19. The van der Waals surface area contributed by atoms with Gasteiger partial charge in [0.25, 0.3) is 0 Å². The van der Waals surface area contributed by atoms with Gasteiger partial charge in [-0.2, -0.15) is 5.26 Å². The molecular weight excluding hydrogens is 430 g/mol. The molecule has 1 atom stereocenters. The lowest BCUT2D eigenvalue weighted by atomic mass is 10.1. The first kappa shape index (κ1) is 23.6. The van der Waals surface area contributed by atoms with E-state index in [1.165, 1.54) is 0 Å². The third kappa shape index (κ3) is 6.09. The molecule has 176 valence electrons. The van der Waals surface area contributed by atoms with E-state index in [4.69, 9.17) is 4.74 Å². The Hall–Kier alpha value is -2.51. The van der Waals surface area contributed by atoms with Crippen LogP contribution in [0.1, 0.15) is 12.5 Å². The molecule has 3 aromatic rings. The second kappa shape index (κ2) is 10.6. The van der Waals surface area contributed by atoms with Gasteiger partial charge in [-0.3, -0.25) is 4.90 Å². The van der Waals surface area contributed by atoms with Crippen LogP contribution in [0.4, 0.5) is 0 Å². The van der Waals surface area contributed by atoms with E-state index in [-0.39, 0.29) is 6.04 Å². The Kier molecular flexibility index (Phi) is 7.60. The van der Waals surface area contributed by atoms with E-state index < -0.39 is 8.07 Å². The molecule has 1 aliphatic rings. The molecule has 1 fully saturated rings. The summed E-state index contributed by atoms with van der Waals surface area (Å²) in [5, 5.41) is 13.8. The van der Waals surface area contributed by atoms with Gasteiger partial charge >= 0.3 is 0 Å². The number of rotatable bonds is 10. The summed E-state index contributed by atoms with van der Waals surface area (Å²) in [5.74, 6) is 0. The van der Waals surface area contributed by atoms with Crippen LogP contribution in [0.15, 0.2) is 37.1 Å². The van der Waals surface area contributed by atoms with Crippen LogP contribution in [0, 0.1) is 11.3 Å². The zero-order chi connectivity index (χ0) is 23.3. The van der Waals surface area contributed by atoms with Crippen LogP contribution in [-0.4, -0.2) is 71.4 Å². The number of piperazine rings is 1. The van der Waals surface area contributed by atoms with E-state index in [2.05, 4.69) is 75.0 Å². The smallest absolute Gasteiger partial charge is 0.145 e. The maximum Gasteiger partial charge on any atom is 0.145 e. The molecule has 0 aliphatic carbocycles. The van der Waals surface area contributed by atoms with Crippen molar-refractivity contribution in [2.75, 3.05) is 39.3 Å². The van der Waals surface area contributed by atoms with Gasteiger partial charge in [-0.05, 0) is 18.2 Å². The van der Waals surface area contributed by atoms with Crippen LogP contribution >= 0.6 is 0 Å². The number of hydrogen-bond acceptors (Lipinski definition) is 6. The fraction of sp³-hybridized carbons (Fsp3) is 0.542. The van der Waals surface area contributed by atoms with Crippen molar-refractivity contribution in [3.63, 3.8) is 0 Å². The quantitative estimate of drug-likeness (QED) is 0.364. The van der Waals surface area contributed by atoms with Crippen molar-refractivity contribution in [1.29, 1.82) is 5.26 Å². The van der Waals surface area contributed by atoms with Crippen LogP contribution in [0.25, 0.3) is 22.3 Å². The van der Waals surface area contributed by atoms with Gasteiger partial charge in [0, 0.05) is 76.9 Å². The topological polar surface area (TPSA) is 83.9 Å². The van der Waals surface area contributed by atoms with Crippen molar-refractivity contribution in [2.45, 2.75) is 44.9 Å². The molecule has 8 nitrogen and oxygen atoms in total. The van der Waals surface area contributed by atoms with Crippen LogP contribution in [0.2, 0.25) is 25.7 Å². The van der Waals surface area contributed by atoms with E-state index >= 15 is 0 Å². The number of nitriles is 1. The van der Waals surface area contributed by atoms with Crippen molar-refractivity contribution in [2.24, 2.45) is 0 Å². The number of nitrogens with one attached hydrogen (secondary N) is 1. The number of ether oxygens (including phenoxy) is 1. The van der Waals surface area contributed by atoms with Crippen molar-refractivity contribution < 1.29 is 4.74 Å². The Morgan fingerprint density at radius 2 is 2.00 bits per heavy atom. The number of nitrogens with zero attached hydrogens (tertiary/aromatic N) is 6. The minimum absolute atomic E-state index is 0.128. The van der Waals surface area contributed by atoms with Crippen LogP contribution in [0.5, 0.6) is 0 Å². The highest BCUT2D eigenvalue weighted by molar-refractivity contribution is 6.76.